The van der Waals surface area contributed by atoms with Crippen LogP contribution in [0.25, 0.3) is 0 Å². The van der Waals surface area contributed by atoms with E-state index in [1.165, 1.54) is 30.5 Å². The number of fused-ring (bicyclic) bond motifs is 1. The number of nitrogens with zero attached hydrogens (tertiary/aromatic N) is 1. The molecule has 0 saturated carbocycles. The van der Waals surface area contributed by atoms with Crippen LogP contribution in [0.3, 0.4) is 0 Å². The van der Waals surface area contributed by atoms with E-state index in [0.29, 0.717) is 0 Å². The lowest BCUT2D eigenvalue weighted by Crippen LogP contribution is -2.19. The summed E-state index contributed by atoms with van der Waals surface area (Å²) in [6, 6.07) is 4.29. The van der Waals surface area contributed by atoms with Crippen molar-refractivity contribution in [2.75, 3.05) is 0 Å². The number of hydrogen-bond donors (Lipinski definition) is 0. The monoisotopic (exact) mass is 191 g/mol. The Morgan fingerprint density at radius 1 is 1.43 bits per heavy atom. The van der Waals surface area contributed by atoms with Crippen LogP contribution >= 0.6 is 0 Å². The number of hydrogen-bond acceptors (Lipinski definition) is 1. The minimum absolute atomic E-state index is 0. The standard InChI is InChI=1S/C12H17N.CH4/c1-9(2)10-5-6-12-11(8-10)4-3-7-13-12;/h3-4,7,9-10H,5-6,8H2,1-2H3;1H4. The molecular formula is C13H21N. The highest BCUT2D eigenvalue weighted by Crippen LogP contribution is 2.28. The molecule has 1 heteroatoms. The molecule has 2 rings (SSSR count). The maximum Gasteiger partial charge on any atom is 0.0435 e. The fourth-order valence-electron chi connectivity index (χ4n) is 2.16. The molecule has 1 unspecified atom stereocenters. The molecule has 1 aromatic rings. The molecule has 1 aliphatic carbocycles. The van der Waals surface area contributed by atoms with Crippen molar-refractivity contribution in [1.29, 1.82) is 0 Å². The predicted octanol–water partition coefficient (Wildman–Crippen LogP) is 3.48. The second kappa shape index (κ2) is 4.59. The lowest BCUT2D eigenvalue weighted by atomic mass is 9.80. The fraction of sp³-hybridized carbons (Fsp3) is 0.615. The van der Waals surface area contributed by atoms with Crippen molar-refractivity contribution < 1.29 is 0 Å². The van der Waals surface area contributed by atoms with E-state index in [4.69, 9.17) is 0 Å². The van der Waals surface area contributed by atoms with E-state index in [1.54, 1.807) is 0 Å². The molecule has 0 fully saturated rings. The van der Waals surface area contributed by atoms with Gasteiger partial charge in [0, 0.05) is 11.9 Å². The summed E-state index contributed by atoms with van der Waals surface area (Å²) in [7, 11) is 0. The highest BCUT2D eigenvalue weighted by molar-refractivity contribution is 5.23. The van der Waals surface area contributed by atoms with Crippen molar-refractivity contribution in [3.63, 3.8) is 0 Å². The summed E-state index contributed by atoms with van der Waals surface area (Å²) in [6.45, 7) is 4.65. The van der Waals surface area contributed by atoms with E-state index in [1.807, 2.05) is 6.20 Å². The van der Waals surface area contributed by atoms with Crippen LogP contribution in [-0.2, 0) is 12.8 Å². The SMILES string of the molecule is C.CC(C)C1CCc2ncccc2C1. The summed E-state index contributed by atoms with van der Waals surface area (Å²) < 4.78 is 0. The Bertz CT molecular complexity index is 291. The summed E-state index contributed by atoms with van der Waals surface area (Å²) >= 11 is 0. The van der Waals surface area contributed by atoms with Crippen LogP contribution in [0.4, 0.5) is 0 Å². The summed E-state index contributed by atoms with van der Waals surface area (Å²) in [5.74, 6) is 1.69. The smallest absolute Gasteiger partial charge is 0.0435 e. The highest BCUT2D eigenvalue weighted by atomic mass is 14.7. The molecular weight excluding hydrogens is 170 g/mol. The second-order valence-electron chi connectivity index (χ2n) is 4.36. The molecule has 1 atom stereocenters. The summed E-state index contributed by atoms with van der Waals surface area (Å²) in [5, 5.41) is 0. The van der Waals surface area contributed by atoms with Gasteiger partial charge in [0.2, 0.25) is 0 Å². The fourth-order valence-corrected chi connectivity index (χ4v) is 2.16. The third-order valence-electron chi connectivity index (χ3n) is 3.16. The van der Waals surface area contributed by atoms with Crippen LogP contribution in [0.15, 0.2) is 18.3 Å². The third kappa shape index (κ3) is 2.14. The topological polar surface area (TPSA) is 12.9 Å². The van der Waals surface area contributed by atoms with E-state index < -0.39 is 0 Å². The number of aryl methyl sites for hydroxylation is 1. The van der Waals surface area contributed by atoms with E-state index in [2.05, 4.69) is 31.0 Å². The summed E-state index contributed by atoms with van der Waals surface area (Å²) in [6.07, 6.45) is 5.65. The van der Waals surface area contributed by atoms with Crippen LogP contribution in [0.2, 0.25) is 0 Å². The molecule has 0 aliphatic heterocycles. The molecule has 0 spiro atoms. The van der Waals surface area contributed by atoms with Gasteiger partial charge in [-0.2, -0.15) is 0 Å². The van der Waals surface area contributed by atoms with Crippen molar-refractivity contribution in [3.05, 3.63) is 29.6 Å². The minimum atomic E-state index is 0. The number of aromatic nitrogens is 1. The summed E-state index contributed by atoms with van der Waals surface area (Å²) in [5.41, 5.74) is 2.81. The molecule has 0 bridgehead atoms. The van der Waals surface area contributed by atoms with Gasteiger partial charge in [-0.3, -0.25) is 4.98 Å². The van der Waals surface area contributed by atoms with Crippen molar-refractivity contribution in [2.45, 2.75) is 40.5 Å². The maximum atomic E-state index is 4.41. The van der Waals surface area contributed by atoms with Gasteiger partial charge < -0.3 is 0 Å². The van der Waals surface area contributed by atoms with Crippen molar-refractivity contribution >= 4 is 0 Å². The van der Waals surface area contributed by atoms with Gasteiger partial charge in [0.15, 0.2) is 0 Å². The molecule has 0 radical (unpaired) electrons. The average molecular weight is 191 g/mol. The van der Waals surface area contributed by atoms with Gasteiger partial charge in [-0.1, -0.05) is 27.3 Å². The first kappa shape index (κ1) is 11.2. The van der Waals surface area contributed by atoms with Gasteiger partial charge in [0.1, 0.15) is 0 Å². The number of rotatable bonds is 1. The molecule has 0 amide bonds. The van der Waals surface area contributed by atoms with Crippen LogP contribution in [0, 0.1) is 11.8 Å². The zero-order chi connectivity index (χ0) is 9.26. The van der Waals surface area contributed by atoms with Crippen molar-refractivity contribution in [1.82, 2.24) is 4.98 Å². The van der Waals surface area contributed by atoms with Gasteiger partial charge >= 0.3 is 0 Å². The normalized spacial score (nSPS) is 20.1. The third-order valence-corrected chi connectivity index (χ3v) is 3.16. The van der Waals surface area contributed by atoms with Crippen LogP contribution in [0.5, 0.6) is 0 Å². The lowest BCUT2D eigenvalue weighted by molar-refractivity contribution is 0.340. The average Bonchev–Trinajstić information content (AvgIpc) is 2.17. The molecule has 1 aliphatic rings. The van der Waals surface area contributed by atoms with E-state index in [-0.39, 0.29) is 7.43 Å². The Balaban J connectivity index is 0.000000980. The van der Waals surface area contributed by atoms with E-state index in [0.717, 1.165) is 11.8 Å². The molecule has 0 saturated heterocycles. The molecule has 0 N–H and O–H groups in total. The van der Waals surface area contributed by atoms with Crippen LogP contribution < -0.4 is 0 Å². The second-order valence-corrected chi connectivity index (χ2v) is 4.36. The molecule has 0 aromatic carbocycles. The Labute approximate surface area is 87.6 Å². The zero-order valence-electron chi connectivity index (χ0n) is 8.46. The Kier molecular flexibility index (Phi) is 3.68. The highest BCUT2D eigenvalue weighted by Gasteiger charge is 2.21. The van der Waals surface area contributed by atoms with Crippen molar-refractivity contribution in [2.24, 2.45) is 11.8 Å². The zero-order valence-corrected chi connectivity index (χ0v) is 8.46. The quantitative estimate of drug-likeness (QED) is 0.662. The van der Waals surface area contributed by atoms with Gasteiger partial charge in [-0.25, -0.2) is 0 Å². The minimum Gasteiger partial charge on any atom is -0.261 e. The first-order chi connectivity index (χ1) is 6.27. The largest absolute Gasteiger partial charge is 0.261 e. The molecule has 78 valence electrons. The van der Waals surface area contributed by atoms with Crippen molar-refractivity contribution in [3.8, 4) is 0 Å². The Hall–Kier alpha value is -0.850. The summed E-state index contributed by atoms with van der Waals surface area (Å²) in [4.78, 5) is 4.41. The molecule has 1 aromatic heterocycles. The maximum absolute atomic E-state index is 4.41. The van der Waals surface area contributed by atoms with Crippen LogP contribution in [-0.4, -0.2) is 4.98 Å². The van der Waals surface area contributed by atoms with Gasteiger partial charge in [-0.15, -0.1) is 0 Å². The predicted molar refractivity (Wildman–Crippen MR) is 61.3 cm³/mol. The molecule has 1 heterocycles. The lowest BCUT2D eigenvalue weighted by Gasteiger charge is -2.26. The Morgan fingerprint density at radius 2 is 2.21 bits per heavy atom. The number of pyridine rings is 1. The van der Waals surface area contributed by atoms with Gasteiger partial charge in [-0.05, 0) is 42.7 Å². The Morgan fingerprint density at radius 3 is 2.93 bits per heavy atom. The van der Waals surface area contributed by atoms with Gasteiger partial charge in [0.05, 0.1) is 0 Å². The van der Waals surface area contributed by atoms with E-state index >= 15 is 0 Å². The van der Waals surface area contributed by atoms with Gasteiger partial charge in [0.25, 0.3) is 0 Å². The molecule has 14 heavy (non-hydrogen) atoms. The first-order valence-corrected chi connectivity index (χ1v) is 5.20. The first-order valence-electron chi connectivity index (χ1n) is 5.20. The van der Waals surface area contributed by atoms with E-state index in [9.17, 15) is 0 Å². The molecule has 1 nitrogen and oxygen atoms in total. The van der Waals surface area contributed by atoms with Crippen LogP contribution in [0.1, 0.15) is 39.0 Å².